The van der Waals surface area contributed by atoms with Crippen LogP contribution in [0.5, 0.6) is 0 Å². The number of likely N-dealkylation sites (N-methyl/N-ethyl adjacent to an activating group) is 1. The second kappa shape index (κ2) is 16.8. The van der Waals surface area contributed by atoms with Gasteiger partial charge in [0.1, 0.15) is 6.29 Å². The van der Waals surface area contributed by atoms with Gasteiger partial charge >= 0.3 is 12.1 Å². The van der Waals surface area contributed by atoms with E-state index in [0.29, 0.717) is 56.4 Å². The van der Waals surface area contributed by atoms with E-state index in [1.54, 1.807) is 24.1 Å². The van der Waals surface area contributed by atoms with Crippen LogP contribution < -0.4 is 5.32 Å². The van der Waals surface area contributed by atoms with Crippen LogP contribution >= 0.6 is 11.6 Å². The summed E-state index contributed by atoms with van der Waals surface area (Å²) < 4.78 is 5.57. The minimum Gasteiger partial charge on any atom is -0.450 e. The van der Waals surface area contributed by atoms with Gasteiger partial charge in [-0.25, -0.2) is 9.59 Å². The number of likely N-dealkylation sites (tertiary alicyclic amines) is 1. The molecule has 0 bridgehead atoms. The Balaban J connectivity index is 1.70. The van der Waals surface area contributed by atoms with Crippen LogP contribution in [0.3, 0.4) is 0 Å². The molecule has 2 aliphatic rings. The number of aliphatic hydroxyl groups is 1. The van der Waals surface area contributed by atoms with Gasteiger partial charge in [-0.05, 0) is 61.8 Å². The molecule has 0 unspecified atom stereocenters. The average Bonchev–Trinajstić information content (AvgIpc) is 2.97. The molecule has 1 aliphatic carbocycles. The zero-order chi connectivity index (χ0) is 31.5. The zero-order valence-electron chi connectivity index (χ0n) is 26.8. The predicted molar refractivity (Wildman–Crippen MR) is 175 cm³/mol. The molecule has 0 aromatic heterocycles. The monoisotopic (exact) mass is 635 g/mol. The summed E-state index contributed by atoms with van der Waals surface area (Å²) in [5.41, 5.74) is -0.476. The van der Waals surface area contributed by atoms with Gasteiger partial charge in [0.05, 0.1) is 12.2 Å². The standard InChI is InChI=1S/C33H54ClN3O5Si/c1-36(32(40)42-20-21-43(2,3)4)25-30(22-26-12-6-5-7-13-26)35-31(39)37-18-11-15-28(24-37)33(41,17-8-9-19-38)27-14-10-16-29(34)23-27/h10,14,16,19,23,26,28,30,41H,5-9,11-13,15,17-18,20-22,24-25H2,1-4H3,(H,35,39)/t28-,30+,33-/m1/s1. The fourth-order valence-corrected chi connectivity index (χ4v) is 7.48. The quantitative estimate of drug-likeness (QED) is 0.129. The summed E-state index contributed by atoms with van der Waals surface area (Å²) in [4.78, 5) is 41.0. The minimum atomic E-state index is -1.31. The highest BCUT2D eigenvalue weighted by Gasteiger charge is 2.41. The number of hydrogen-bond acceptors (Lipinski definition) is 5. The van der Waals surface area contributed by atoms with E-state index in [9.17, 15) is 19.5 Å². The molecule has 3 atom stereocenters. The van der Waals surface area contributed by atoms with Gasteiger partial charge in [0.2, 0.25) is 0 Å². The lowest BCUT2D eigenvalue weighted by molar-refractivity contribution is -0.108. The third-order valence-corrected chi connectivity index (χ3v) is 11.1. The molecule has 43 heavy (non-hydrogen) atoms. The molecule has 0 spiro atoms. The summed E-state index contributed by atoms with van der Waals surface area (Å²) in [6, 6.07) is 7.85. The molecule has 0 radical (unpaired) electrons. The van der Waals surface area contributed by atoms with Gasteiger partial charge in [0.15, 0.2) is 0 Å². The van der Waals surface area contributed by atoms with Crippen molar-refractivity contribution in [2.75, 3.05) is 33.3 Å². The first-order valence-electron chi connectivity index (χ1n) is 16.3. The molecule has 8 nitrogen and oxygen atoms in total. The number of nitrogens with zero attached hydrogens (tertiary/aromatic N) is 2. The Labute approximate surface area is 264 Å². The van der Waals surface area contributed by atoms with E-state index in [1.165, 1.54) is 19.3 Å². The number of urea groups is 1. The second-order valence-electron chi connectivity index (χ2n) is 14.0. The molecule has 1 aliphatic heterocycles. The van der Waals surface area contributed by atoms with E-state index in [2.05, 4.69) is 25.0 Å². The Hall–Kier alpha value is -2.10. The summed E-state index contributed by atoms with van der Waals surface area (Å²) in [5.74, 6) is 0.327. The van der Waals surface area contributed by atoms with Crippen LogP contribution in [0, 0.1) is 11.8 Å². The maximum absolute atomic E-state index is 13.7. The lowest BCUT2D eigenvalue weighted by Crippen LogP contribution is -2.54. The van der Waals surface area contributed by atoms with E-state index >= 15 is 0 Å². The number of amides is 3. The van der Waals surface area contributed by atoms with Crippen molar-refractivity contribution in [2.45, 2.75) is 108 Å². The Bertz CT molecular complexity index is 1050. The van der Waals surface area contributed by atoms with Crippen molar-refractivity contribution >= 4 is 38.1 Å². The number of halogens is 1. The van der Waals surface area contributed by atoms with Crippen molar-refractivity contribution in [3.8, 4) is 0 Å². The molecule has 1 heterocycles. The number of nitrogens with one attached hydrogen (secondary N) is 1. The number of benzene rings is 1. The summed E-state index contributed by atoms with van der Waals surface area (Å²) in [7, 11) is 0.435. The molecule has 3 rings (SSSR count). The Morgan fingerprint density at radius 2 is 1.95 bits per heavy atom. The van der Waals surface area contributed by atoms with Gasteiger partial charge in [0, 0.05) is 58.2 Å². The Kier molecular flexibility index (Phi) is 13.8. The number of rotatable bonds is 14. The van der Waals surface area contributed by atoms with E-state index in [-0.39, 0.29) is 24.1 Å². The van der Waals surface area contributed by atoms with Crippen molar-refractivity contribution in [3.05, 3.63) is 34.9 Å². The van der Waals surface area contributed by atoms with Gasteiger partial charge in [-0.2, -0.15) is 0 Å². The van der Waals surface area contributed by atoms with Crippen LogP contribution in [-0.4, -0.2) is 80.7 Å². The normalized spacial score (nSPS) is 20.1. The number of carbonyl (C=O) groups excluding carboxylic acids is 3. The lowest BCUT2D eigenvalue weighted by Gasteiger charge is -2.43. The number of hydrogen-bond donors (Lipinski definition) is 2. The van der Waals surface area contributed by atoms with Crippen molar-refractivity contribution in [2.24, 2.45) is 11.8 Å². The first kappa shape index (κ1) is 35.4. The average molecular weight is 636 g/mol. The maximum atomic E-state index is 13.7. The van der Waals surface area contributed by atoms with Gasteiger partial charge in [-0.3, -0.25) is 0 Å². The van der Waals surface area contributed by atoms with E-state index in [0.717, 1.165) is 50.0 Å². The molecule has 1 aromatic carbocycles. The first-order chi connectivity index (χ1) is 20.4. The zero-order valence-corrected chi connectivity index (χ0v) is 28.5. The number of piperidine rings is 1. The minimum absolute atomic E-state index is 0.160. The van der Waals surface area contributed by atoms with Crippen molar-refractivity contribution < 1.29 is 24.2 Å². The maximum Gasteiger partial charge on any atom is 0.409 e. The second-order valence-corrected chi connectivity index (χ2v) is 20.0. The molecule has 242 valence electrons. The highest BCUT2D eigenvalue weighted by molar-refractivity contribution is 6.76. The van der Waals surface area contributed by atoms with E-state index in [1.807, 2.05) is 17.0 Å². The molecule has 3 amide bonds. The van der Waals surface area contributed by atoms with Crippen LogP contribution in [-0.2, 0) is 15.1 Å². The fourth-order valence-electron chi connectivity index (χ4n) is 6.58. The molecule has 1 aromatic rings. The summed E-state index contributed by atoms with van der Waals surface area (Å²) in [6.45, 7) is 8.60. The van der Waals surface area contributed by atoms with Crippen LogP contribution in [0.4, 0.5) is 9.59 Å². The first-order valence-corrected chi connectivity index (χ1v) is 20.3. The Morgan fingerprint density at radius 3 is 2.63 bits per heavy atom. The van der Waals surface area contributed by atoms with Crippen LogP contribution in [0.2, 0.25) is 30.7 Å². The Morgan fingerprint density at radius 1 is 1.21 bits per heavy atom. The highest BCUT2D eigenvalue weighted by atomic mass is 35.5. The van der Waals surface area contributed by atoms with Gasteiger partial charge < -0.3 is 29.8 Å². The number of unbranched alkanes of at least 4 members (excludes halogenated alkanes) is 1. The van der Waals surface area contributed by atoms with Crippen LogP contribution in [0.15, 0.2) is 24.3 Å². The molecule has 2 fully saturated rings. The van der Waals surface area contributed by atoms with Crippen molar-refractivity contribution in [1.82, 2.24) is 15.1 Å². The number of ether oxygens (including phenoxy) is 1. The van der Waals surface area contributed by atoms with Crippen molar-refractivity contribution in [3.63, 3.8) is 0 Å². The third kappa shape index (κ3) is 11.4. The highest BCUT2D eigenvalue weighted by Crippen LogP contribution is 2.40. The van der Waals surface area contributed by atoms with Crippen LogP contribution in [0.1, 0.15) is 76.2 Å². The molecule has 1 saturated carbocycles. The van der Waals surface area contributed by atoms with Gasteiger partial charge in [0.25, 0.3) is 0 Å². The van der Waals surface area contributed by atoms with Gasteiger partial charge in [-0.1, -0.05) is 75.5 Å². The number of carbonyl (C=O) groups is 3. The summed E-state index contributed by atoms with van der Waals surface area (Å²) in [6.07, 6.45) is 10.2. The molecule has 2 N–H and O–H groups in total. The topological polar surface area (TPSA) is 99.2 Å². The van der Waals surface area contributed by atoms with Gasteiger partial charge in [-0.15, -0.1) is 0 Å². The third-order valence-electron chi connectivity index (χ3n) is 9.14. The SMILES string of the molecule is CN(C[C@H](CC1CCCCC1)NC(=O)N1CCC[C@@H]([C@@](O)(CCCC=O)c2cccc(Cl)c2)C1)C(=O)OCC[Si](C)(C)C. The molecular formula is C33H54ClN3O5Si. The predicted octanol–water partition coefficient (Wildman–Crippen LogP) is 7.06. The lowest BCUT2D eigenvalue weighted by atomic mass is 9.74. The summed E-state index contributed by atoms with van der Waals surface area (Å²) >= 11 is 6.30. The van der Waals surface area contributed by atoms with E-state index in [4.69, 9.17) is 16.3 Å². The van der Waals surface area contributed by atoms with Crippen LogP contribution in [0.25, 0.3) is 0 Å². The number of aldehydes is 1. The molecule has 10 heteroatoms. The van der Waals surface area contributed by atoms with E-state index < -0.39 is 13.7 Å². The van der Waals surface area contributed by atoms with Crippen molar-refractivity contribution in [1.29, 1.82) is 0 Å². The molecule has 1 saturated heterocycles. The largest absolute Gasteiger partial charge is 0.450 e. The molecular weight excluding hydrogens is 582 g/mol. The fraction of sp³-hybridized carbons (Fsp3) is 0.727. The summed E-state index contributed by atoms with van der Waals surface area (Å²) in [5, 5.41) is 15.9. The smallest absolute Gasteiger partial charge is 0.409 e.